The van der Waals surface area contributed by atoms with E-state index in [0.29, 0.717) is 18.3 Å². The van der Waals surface area contributed by atoms with Crippen molar-refractivity contribution in [3.63, 3.8) is 0 Å². The van der Waals surface area contributed by atoms with Crippen LogP contribution < -0.4 is 5.73 Å². The monoisotopic (exact) mass is 183 g/mol. The highest BCUT2D eigenvalue weighted by molar-refractivity contribution is 5.71. The third-order valence-corrected chi connectivity index (χ3v) is 3.35. The summed E-state index contributed by atoms with van der Waals surface area (Å²) in [4.78, 5) is 11.2. The summed E-state index contributed by atoms with van der Waals surface area (Å²) >= 11 is 0. The SMILES string of the molecule is COC(=O)CC(N)(C1CC1)C1CC1. The second kappa shape index (κ2) is 2.98. The predicted molar refractivity (Wildman–Crippen MR) is 49.0 cm³/mol. The molecule has 2 N–H and O–H groups in total. The van der Waals surface area contributed by atoms with E-state index in [1.807, 2.05) is 0 Å². The number of hydrogen-bond donors (Lipinski definition) is 1. The molecule has 0 amide bonds. The first-order valence-electron chi connectivity index (χ1n) is 5.02. The first kappa shape index (κ1) is 9.00. The van der Waals surface area contributed by atoms with Crippen LogP contribution in [0.5, 0.6) is 0 Å². The van der Waals surface area contributed by atoms with E-state index in [9.17, 15) is 4.79 Å². The van der Waals surface area contributed by atoms with E-state index in [1.54, 1.807) is 0 Å². The summed E-state index contributed by atoms with van der Waals surface area (Å²) in [6.07, 6.45) is 5.21. The summed E-state index contributed by atoms with van der Waals surface area (Å²) in [5.74, 6) is 1.01. The van der Waals surface area contributed by atoms with Crippen LogP contribution in [-0.4, -0.2) is 18.6 Å². The van der Waals surface area contributed by atoms with E-state index in [0.717, 1.165) is 0 Å². The number of nitrogens with two attached hydrogens (primary N) is 1. The molecule has 0 aromatic rings. The van der Waals surface area contributed by atoms with Crippen molar-refractivity contribution >= 4 is 5.97 Å². The Hall–Kier alpha value is -0.570. The molecule has 0 spiro atoms. The summed E-state index contributed by atoms with van der Waals surface area (Å²) < 4.78 is 4.68. The van der Waals surface area contributed by atoms with E-state index in [2.05, 4.69) is 4.74 Å². The molecule has 0 unspecified atom stereocenters. The Morgan fingerprint density at radius 2 is 1.85 bits per heavy atom. The quantitative estimate of drug-likeness (QED) is 0.663. The van der Waals surface area contributed by atoms with E-state index in [1.165, 1.54) is 32.8 Å². The molecule has 3 heteroatoms. The highest BCUT2D eigenvalue weighted by Gasteiger charge is 2.52. The molecule has 0 saturated heterocycles. The topological polar surface area (TPSA) is 52.3 Å². The average Bonchev–Trinajstić information content (AvgIpc) is 2.89. The molecule has 2 aliphatic carbocycles. The lowest BCUT2D eigenvalue weighted by Crippen LogP contribution is -2.46. The zero-order valence-corrected chi connectivity index (χ0v) is 8.08. The highest BCUT2D eigenvalue weighted by Crippen LogP contribution is 2.52. The van der Waals surface area contributed by atoms with Crippen LogP contribution in [0, 0.1) is 11.8 Å². The van der Waals surface area contributed by atoms with Crippen molar-refractivity contribution in [2.75, 3.05) is 7.11 Å². The lowest BCUT2D eigenvalue weighted by atomic mass is 9.85. The molecule has 2 saturated carbocycles. The third-order valence-electron chi connectivity index (χ3n) is 3.35. The smallest absolute Gasteiger partial charge is 0.307 e. The van der Waals surface area contributed by atoms with Crippen molar-refractivity contribution in [2.45, 2.75) is 37.6 Å². The zero-order valence-electron chi connectivity index (χ0n) is 8.08. The Morgan fingerprint density at radius 3 is 2.15 bits per heavy atom. The third kappa shape index (κ3) is 1.70. The van der Waals surface area contributed by atoms with Crippen LogP contribution in [0.4, 0.5) is 0 Å². The van der Waals surface area contributed by atoms with E-state index in [-0.39, 0.29) is 11.5 Å². The molecule has 0 radical (unpaired) electrons. The summed E-state index contributed by atoms with van der Waals surface area (Å²) in [6.45, 7) is 0. The van der Waals surface area contributed by atoms with E-state index < -0.39 is 0 Å². The number of rotatable bonds is 4. The lowest BCUT2D eigenvalue weighted by Gasteiger charge is -2.28. The van der Waals surface area contributed by atoms with Gasteiger partial charge in [0.2, 0.25) is 0 Å². The highest BCUT2D eigenvalue weighted by atomic mass is 16.5. The number of hydrogen-bond acceptors (Lipinski definition) is 3. The molecule has 3 nitrogen and oxygen atoms in total. The summed E-state index contributed by atoms with van der Waals surface area (Å²) in [7, 11) is 1.43. The Morgan fingerprint density at radius 1 is 1.38 bits per heavy atom. The number of esters is 1. The molecule has 0 aliphatic heterocycles. The predicted octanol–water partition coefficient (Wildman–Crippen LogP) is 1.07. The molecule has 2 rings (SSSR count). The Bertz CT molecular complexity index is 207. The summed E-state index contributed by atoms with van der Waals surface area (Å²) in [6, 6.07) is 0. The Balaban J connectivity index is 1.99. The molecular formula is C10H17NO2. The van der Waals surface area contributed by atoms with Gasteiger partial charge in [0.05, 0.1) is 13.5 Å². The van der Waals surface area contributed by atoms with Crippen LogP contribution in [0.3, 0.4) is 0 Å². The summed E-state index contributed by atoms with van der Waals surface area (Å²) in [5.41, 5.74) is 6.06. The van der Waals surface area contributed by atoms with E-state index in [4.69, 9.17) is 5.73 Å². The molecule has 2 fully saturated rings. The Kier molecular flexibility index (Phi) is 2.06. The molecule has 0 bridgehead atoms. The maximum Gasteiger partial charge on any atom is 0.307 e. The minimum atomic E-state index is -0.229. The van der Waals surface area contributed by atoms with Crippen molar-refractivity contribution in [3.05, 3.63) is 0 Å². The summed E-state index contributed by atoms with van der Waals surface area (Å²) in [5, 5.41) is 0. The molecule has 0 atom stereocenters. The largest absolute Gasteiger partial charge is 0.469 e. The van der Waals surface area contributed by atoms with Gasteiger partial charge in [-0.15, -0.1) is 0 Å². The molecule has 0 aromatic heterocycles. The number of carbonyl (C=O) groups is 1. The van der Waals surface area contributed by atoms with Gasteiger partial charge in [0.1, 0.15) is 0 Å². The van der Waals surface area contributed by atoms with Crippen LogP contribution in [0.15, 0.2) is 0 Å². The maximum atomic E-state index is 11.2. The fourth-order valence-electron chi connectivity index (χ4n) is 2.19. The maximum absolute atomic E-state index is 11.2. The van der Waals surface area contributed by atoms with Crippen LogP contribution in [-0.2, 0) is 9.53 Å². The zero-order chi connectivity index (χ0) is 9.47. The van der Waals surface area contributed by atoms with Gasteiger partial charge in [-0.25, -0.2) is 0 Å². The van der Waals surface area contributed by atoms with Crippen LogP contribution >= 0.6 is 0 Å². The standard InChI is InChI=1S/C10H17NO2/c1-13-9(12)6-10(11,7-2-3-7)8-4-5-8/h7-8H,2-6,11H2,1H3. The fraction of sp³-hybridized carbons (Fsp3) is 0.900. The lowest BCUT2D eigenvalue weighted by molar-refractivity contribution is -0.142. The van der Waals surface area contributed by atoms with Crippen molar-refractivity contribution in [3.8, 4) is 0 Å². The van der Waals surface area contributed by atoms with Gasteiger partial charge in [0.15, 0.2) is 0 Å². The van der Waals surface area contributed by atoms with Gasteiger partial charge in [0, 0.05) is 5.54 Å². The Labute approximate surface area is 78.6 Å². The van der Waals surface area contributed by atoms with Crippen molar-refractivity contribution in [1.29, 1.82) is 0 Å². The van der Waals surface area contributed by atoms with Crippen LogP contribution in [0.1, 0.15) is 32.1 Å². The average molecular weight is 183 g/mol. The molecule has 13 heavy (non-hydrogen) atoms. The fourth-order valence-corrected chi connectivity index (χ4v) is 2.19. The van der Waals surface area contributed by atoms with Crippen LogP contribution in [0.2, 0.25) is 0 Å². The minimum Gasteiger partial charge on any atom is -0.469 e. The van der Waals surface area contributed by atoms with Gasteiger partial charge in [-0.2, -0.15) is 0 Å². The molecule has 2 aliphatic rings. The number of carbonyl (C=O) groups excluding carboxylic acids is 1. The van der Waals surface area contributed by atoms with E-state index >= 15 is 0 Å². The van der Waals surface area contributed by atoms with Crippen molar-refractivity contribution in [1.82, 2.24) is 0 Å². The number of methoxy groups -OCH3 is 1. The van der Waals surface area contributed by atoms with Crippen molar-refractivity contribution < 1.29 is 9.53 Å². The van der Waals surface area contributed by atoms with Crippen molar-refractivity contribution in [2.24, 2.45) is 17.6 Å². The first-order chi connectivity index (χ1) is 6.16. The van der Waals surface area contributed by atoms with Gasteiger partial charge in [0.25, 0.3) is 0 Å². The second-order valence-electron chi connectivity index (χ2n) is 4.41. The van der Waals surface area contributed by atoms with Gasteiger partial charge < -0.3 is 10.5 Å². The normalized spacial score (nSPS) is 22.9. The van der Waals surface area contributed by atoms with Gasteiger partial charge in [-0.3, -0.25) is 4.79 Å². The second-order valence-corrected chi connectivity index (χ2v) is 4.41. The van der Waals surface area contributed by atoms with Gasteiger partial charge in [-0.05, 0) is 37.5 Å². The molecule has 0 aromatic carbocycles. The molecular weight excluding hydrogens is 166 g/mol. The minimum absolute atomic E-state index is 0.152. The molecule has 0 heterocycles. The van der Waals surface area contributed by atoms with Gasteiger partial charge >= 0.3 is 5.97 Å². The van der Waals surface area contributed by atoms with Gasteiger partial charge in [-0.1, -0.05) is 0 Å². The molecule has 74 valence electrons. The first-order valence-corrected chi connectivity index (χ1v) is 5.02. The number of ether oxygens (including phenoxy) is 1. The van der Waals surface area contributed by atoms with Crippen LogP contribution in [0.25, 0.3) is 0 Å².